The van der Waals surface area contributed by atoms with E-state index in [4.69, 9.17) is 0 Å². The molecule has 21 heavy (non-hydrogen) atoms. The SMILES string of the molecule is CCNC1(C#N)CCCC(N2CCN(C(C)(C)C)CC2)C1. The Morgan fingerprint density at radius 3 is 2.43 bits per heavy atom. The number of hydrogen-bond acceptors (Lipinski definition) is 4. The van der Waals surface area contributed by atoms with Crippen LogP contribution in [0.2, 0.25) is 0 Å². The standard InChI is InChI=1S/C17H32N4/c1-5-19-17(14-18)8-6-7-15(13-17)20-9-11-21(12-10-20)16(2,3)4/h15,19H,5-13H2,1-4H3. The Bertz CT molecular complexity index is 369. The van der Waals surface area contributed by atoms with Crippen LogP contribution in [0.4, 0.5) is 0 Å². The molecule has 0 amide bonds. The van der Waals surface area contributed by atoms with Crippen molar-refractivity contribution in [1.82, 2.24) is 15.1 Å². The largest absolute Gasteiger partial charge is 0.300 e. The molecule has 4 heteroatoms. The molecule has 2 aliphatic rings. The van der Waals surface area contributed by atoms with Crippen molar-refractivity contribution in [3.05, 3.63) is 0 Å². The van der Waals surface area contributed by atoms with Crippen molar-refractivity contribution in [2.45, 2.75) is 70.5 Å². The molecule has 0 radical (unpaired) electrons. The third-order valence-corrected chi connectivity index (χ3v) is 5.23. The minimum Gasteiger partial charge on any atom is -0.300 e. The van der Waals surface area contributed by atoms with Crippen LogP contribution in [0.3, 0.4) is 0 Å². The fraction of sp³-hybridized carbons (Fsp3) is 0.941. The first-order chi connectivity index (χ1) is 9.90. The minimum absolute atomic E-state index is 0.277. The van der Waals surface area contributed by atoms with Crippen molar-refractivity contribution >= 4 is 0 Å². The summed E-state index contributed by atoms with van der Waals surface area (Å²) in [5.74, 6) is 0. The minimum atomic E-state index is -0.279. The van der Waals surface area contributed by atoms with Gasteiger partial charge in [0.25, 0.3) is 0 Å². The maximum absolute atomic E-state index is 9.60. The van der Waals surface area contributed by atoms with Crippen LogP contribution in [-0.4, -0.2) is 59.6 Å². The Labute approximate surface area is 130 Å². The van der Waals surface area contributed by atoms with E-state index >= 15 is 0 Å². The average Bonchev–Trinajstić information content (AvgIpc) is 2.47. The molecule has 0 bridgehead atoms. The molecule has 0 aromatic heterocycles. The highest BCUT2D eigenvalue weighted by molar-refractivity contribution is 5.11. The Kier molecular flexibility index (Phi) is 5.29. The summed E-state index contributed by atoms with van der Waals surface area (Å²) in [4.78, 5) is 5.21. The van der Waals surface area contributed by atoms with Gasteiger partial charge in [-0.3, -0.25) is 15.1 Å². The third-order valence-electron chi connectivity index (χ3n) is 5.23. The summed E-state index contributed by atoms with van der Waals surface area (Å²) in [5.41, 5.74) is -0.00232. The van der Waals surface area contributed by atoms with Crippen LogP contribution in [0.5, 0.6) is 0 Å². The van der Waals surface area contributed by atoms with Gasteiger partial charge in [0, 0.05) is 37.8 Å². The topological polar surface area (TPSA) is 42.3 Å². The summed E-state index contributed by atoms with van der Waals surface area (Å²) in [7, 11) is 0. The molecule has 0 aromatic carbocycles. The zero-order valence-electron chi connectivity index (χ0n) is 14.3. The van der Waals surface area contributed by atoms with Gasteiger partial charge in [-0.15, -0.1) is 0 Å². The first-order valence-electron chi connectivity index (χ1n) is 8.55. The zero-order chi connectivity index (χ0) is 15.5. The van der Waals surface area contributed by atoms with Gasteiger partial charge in [-0.2, -0.15) is 5.26 Å². The van der Waals surface area contributed by atoms with Gasteiger partial charge in [-0.25, -0.2) is 0 Å². The lowest BCUT2D eigenvalue weighted by Crippen LogP contribution is -2.58. The molecule has 1 heterocycles. The van der Waals surface area contributed by atoms with E-state index in [9.17, 15) is 5.26 Å². The van der Waals surface area contributed by atoms with Gasteiger partial charge in [0.2, 0.25) is 0 Å². The third kappa shape index (κ3) is 3.97. The quantitative estimate of drug-likeness (QED) is 0.866. The molecule has 1 saturated carbocycles. The molecule has 0 aromatic rings. The number of nitrogens with zero attached hydrogens (tertiary/aromatic N) is 3. The molecule has 1 N–H and O–H groups in total. The molecule has 2 rings (SSSR count). The summed E-state index contributed by atoms with van der Waals surface area (Å²) in [6.45, 7) is 14.5. The first-order valence-corrected chi connectivity index (χ1v) is 8.55. The first kappa shape index (κ1) is 16.7. The molecule has 1 saturated heterocycles. The van der Waals surface area contributed by atoms with E-state index in [2.05, 4.69) is 48.9 Å². The Hall–Kier alpha value is -0.630. The lowest BCUT2D eigenvalue weighted by atomic mass is 9.79. The predicted molar refractivity (Wildman–Crippen MR) is 87.2 cm³/mol. The fourth-order valence-corrected chi connectivity index (χ4v) is 3.96. The molecule has 120 valence electrons. The van der Waals surface area contributed by atoms with Crippen molar-refractivity contribution in [2.75, 3.05) is 32.7 Å². The fourth-order valence-electron chi connectivity index (χ4n) is 3.96. The van der Waals surface area contributed by atoms with E-state index < -0.39 is 0 Å². The van der Waals surface area contributed by atoms with E-state index in [1.807, 2.05) is 0 Å². The number of rotatable bonds is 3. The van der Waals surface area contributed by atoms with E-state index in [0.29, 0.717) is 6.04 Å². The van der Waals surface area contributed by atoms with Crippen LogP contribution in [0.25, 0.3) is 0 Å². The lowest BCUT2D eigenvalue weighted by molar-refractivity contribution is 0.0250. The smallest absolute Gasteiger partial charge is 0.108 e. The number of hydrogen-bond donors (Lipinski definition) is 1. The maximum Gasteiger partial charge on any atom is 0.108 e. The summed E-state index contributed by atoms with van der Waals surface area (Å²) in [6, 6.07) is 3.16. The van der Waals surface area contributed by atoms with Crippen LogP contribution >= 0.6 is 0 Å². The zero-order valence-corrected chi connectivity index (χ0v) is 14.3. The molecular formula is C17H32N4. The molecule has 1 aliphatic carbocycles. The summed E-state index contributed by atoms with van der Waals surface area (Å²) in [5, 5.41) is 13.0. The van der Waals surface area contributed by atoms with E-state index in [1.165, 1.54) is 12.8 Å². The van der Waals surface area contributed by atoms with Gasteiger partial charge in [0.05, 0.1) is 6.07 Å². The molecule has 2 atom stereocenters. The summed E-state index contributed by atoms with van der Waals surface area (Å²) < 4.78 is 0. The highest BCUT2D eigenvalue weighted by Crippen LogP contribution is 2.32. The van der Waals surface area contributed by atoms with E-state index in [0.717, 1.165) is 45.6 Å². The lowest BCUT2D eigenvalue weighted by Gasteiger charge is -2.47. The Balaban J connectivity index is 1.93. The van der Waals surface area contributed by atoms with Gasteiger partial charge < -0.3 is 0 Å². The number of piperazine rings is 1. The molecule has 1 aliphatic heterocycles. The Morgan fingerprint density at radius 2 is 1.90 bits per heavy atom. The van der Waals surface area contributed by atoms with Crippen LogP contribution in [0, 0.1) is 11.3 Å². The monoisotopic (exact) mass is 292 g/mol. The maximum atomic E-state index is 9.60. The van der Waals surface area contributed by atoms with Crippen LogP contribution in [0.15, 0.2) is 0 Å². The second kappa shape index (κ2) is 6.64. The van der Waals surface area contributed by atoms with Crippen LogP contribution in [-0.2, 0) is 0 Å². The van der Waals surface area contributed by atoms with E-state index in [1.54, 1.807) is 0 Å². The molecular weight excluding hydrogens is 260 g/mol. The molecule has 4 nitrogen and oxygen atoms in total. The Morgan fingerprint density at radius 1 is 1.24 bits per heavy atom. The van der Waals surface area contributed by atoms with Crippen molar-refractivity contribution < 1.29 is 0 Å². The van der Waals surface area contributed by atoms with Gasteiger partial charge in [-0.1, -0.05) is 6.92 Å². The summed E-state index contributed by atoms with van der Waals surface area (Å²) in [6.07, 6.45) is 4.43. The normalized spacial score (nSPS) is 32.8. The molecule has 0 spiro atoms. The molecule has 2 unspecified atom stereocenters. The number of nitriles is 1. The van der Waals surface area contributed by atoms with Gasteiger partial charge >= 0.3 is 0 Å². The van der Waals surface area contributed by atoms with Crippen LogP contribution < -0.4 is 5.32 Å². The van der Waals surface area contributed by atoms with Crippen LogP contribution in [0.1, 0.15) is 53.4 Å². The average molecular weight is 292 g/mol. The second-order valence-electron chi connectivity index (χ2n) is 7.67. The van der Waals surface area contributed by atoms with Gasteiger partial charge in [-0.05, 0) is 53.0 Å². The van der Waals surface area contributed by atoms with Gasteiger partial charge in [0.1, 0.15) is 5.54 Å². The summed E-state index contributed by atoms with van der Waals surface area (Å²) >= 11 is 0. The predicted octanol–water partition coefficient (Wildman–Crippen LogP) is 2.22. The van der Waals surface area contributed by atoms with E-state index in [-0.39, 0.29) is 11.1 Å². The molecule has 2 fully saturated rings. The highest BCUT2D eigenvalue weighted by Gasteiger charge is 2.39. The van der Waals surface area contributed by atoms with Gasteiger partial charge in [0.15, 0.2) is 0 Å². The second-order valence-corrected chi connectivity index (χ2v) is 7.67. The highest BCUT2D eigenvalue weighted by atomic mass is 15.3. The number of nitrogens with one attached hydrogen (secondary N) is 1. The van der Waals surface area contributed by atoms with Crippen molar-refractivity contribution in [3.63, 3.8) is 0 Å². The van der Waals surface area contributed by atoms with Crippen molar-refractivity contribution in [2.24, 2.45) is 0 Å². The van der Waals surface area contributed by atoms with Crippen molar-refractivity contribution in [1.29, 1.82) is 5.26 Å². The van der Waals surface area contributed by atoms with Crippen molar-refractivity contribution in [3.8, 4) is 6.07 Å².